The first kappa shape index (κ1) is 28.2. The molecule has 4 aromatic heterocycles. The molecule has 0 saturated carbocycles. The van der Waals surface area contributed by atoms with E-state index in [0.717, 1.165) is 78.9 Å². The van der Waals surface area contributed by atoms with Crippen LogP contribution in [0.25, 0.3) is 50.4 Å². The lowest BCUT2D eigenvalue weighted by Gasteiger charge is -2.20. The maximum Gasteiger partial charge on any atom is 0.225 e. The lowest BCUT2D eigenvalue weighted by atomic mass is 10.2. The van der Waals surface area contributed by atoms with Crippen molar-refractivity contribution in [3.63, 3.8) is 0 Å². The average Bonchev–Trinajstić information content (AvgIpc) is 3.78. The molecule has 9 rings (SSSR count). The molecule has 48 heavy (non-hydrogen) atoms. The minimum atomic E-state index is 0.767. The molecule has 0 N–H and O–H groups in total. The normalized spacial score (nSPS) is 12.0. The molecule has 0 aliphatic heterocycles. The van der Waals surface area contributed by atoms with Gasteiger partial charge in [-0.3, -0.25) is 0 Å². The van der Waals surface area contributed by atoms with E-state index in [2.05, 4.69) is 173 Å². The van der Waals surface area contributed by atoms with Crippen molar-refractivity contribution in [2.45, 2.75) is 13.8 Å². The van der Waals surface area contributed by atoms with Gasteiger partial charge in [0.25, 0.3) is 0 Å². The second kappa shape index (κ2) is 10.2. The number of anilines is 5. The van der Waals surface area contributed by atoms with Gasteiger partial charge < -0.3 is 14.7 Å². The smallest absolute Gasteiger partial charge is 0.225 e. The van der Waals surface area contributed by atoms with Gasteiger partial charge in [0, 0.05) is 56.6 Å². The molecule has 0 fully saturated rings. The number of hydrogen-bond acceptors (Lipinski definition) is 6. The zero-order valence-corrected chi connectivity index (χ0v) is 27.8. The molecule has 0 aliphatic carbocycles. The minimum Gasteiger partial charge on any atom is -0.378 e. The Bertz CT molecular complexity index is 2600. The molecule has 9 nitrogen and oxygen atoms in total. The van der Waals surface area contributed by atoms with Crippen LogP contribution >= 0.6 is 0 Å². The predicted octanol–water partition coefficient (Wildman–Crippen LogP) is 8.31. The summed E-state index contributed by atoms with van der Waals surface area (Å²) >= 11 is 0. The van der Waals surface area contributed by atoms with E-state index < -0.39 is 0 Å². The second-order valence-electron chi connectivity index (χ2n) is 12.9. The standard InChI is InChI=1S/C39H35N9/c1-24-7-11-26(12-8-24)44(5)29-16-19-32-35(22-29)48-38(41-32)46-34-21-28(43(3)4)15-18-31(34)40-37(46)47-36-23-30(17-20-33(36)42-39(47)48)45(6)27-13-9-25(2)10-14-27/h7-23H,1-6H3. The van der Waals surface area contributed by atoms with Gasteiger partial charge in [0.1, 0.15) is 0 Å². The van der Waals surface area contributed by atoms with E-state index >= 15 is 0 Å². The van der Waals surface area contributed by atoms with Crippen molar-refractivity contribution in [1.82, 2.24) is 28.2 Å². The molecular weight excluding hydrogens is 594 g/mol. The zero-order chi connectivity index (χ0) is 32.8. The summed E-state index contributed by atoms with van der Waals surface area (Å²) in [4.78, 5) is 22.2. The van der Waals surface area contributed by atoms with Crippen LogP contribution in [0.3, 0.4) is 0 Å². The molecule has 9 aromatic rings. The van der Waals surface area contributed by atoms with Crippen LogP contribution in [-0.2, 0) is 0 Å². The minimum absolute atomic E-state index is 0.767. The van der Waals surface area contributed by atoms with Crippen LogP contribution in [-0.4, -0.2) is 56.3 Å². The number of benzene rings is 5. The molecular formula is C39H35N9. The maximum absolute atomic E-state index is 5.25. The SMILES string of the molecule is Cc1ccc(N(C)c2ccc3nc4n5c6cc(N(C)C)ccc6nc5n5c6cc(N(C)c7ccc(C)cc7)ccc6nc5n4c3c2)cc1. The third kappa shape index (κ3) is 4.13. The molecule has 0 radical (unpaired) electrons. The van der Waals surface area contributed by atoms with Crippen molar-refractivity contribution in [3.05, 3.63) is 114 Å². The summed E-state index contributed by atoms with van der Waals surface area (Å²) in [5.74, 6) is 2.31. The molecule has 0 unspecified atom stereocenters. The van der Waals surface area contributed by atoms with E-state index in [9.17, 15) is 0 Å². The van der Waals surface area contributed by atoms with Crippen molar-refractivity contribution in [2.24, 2.45) is 0 Å². The van der Waals surface area contributed by atoms with Gasteiger partial charge in [-0.15, -0.1) is 0 Å². The lowest BCUT2D eigenvalue weighted by Crippen LogP contribution is -2.10. The Kier molecular flexibility index (Phi) is 5.99. The number of fused-ring (bicyclic) bond motifs is 12. The van der Waals surface area contributed by atoms with E-state index in [1.165, 1.54) is 11.1 Å². The Hall–Kier alpha value is -6.09. The lowest BCUT2D eigenvalue weighted by molar-refractivity contribution is 1.01. The van der Waals surface area contributed by atoms with Crippen molar-refractivity contribution in [2.75, 3.05) is 42.9 Å². The number of hydrogen-bond donors (Lipinski definition) is 0. The molecule has 0 spiro atoms. The third-order valence-corrected chi connectivity index (χ3v) is 9.59. The summed E-state index contributed by atoms with van der Waals surface area (Å²) < 4.78 is 6.54. The quantitative estimate of drug-likeness (QED) is 0.191. The van der Waals surface area contributed by atoms with E-state index in [-0.39, 0.29) is 0 Å². The van der Waals surface area contributed by atoms with Gasteiger partial charge in [-0.05, 0) is 92.7 Å². The molecule has 9 heteroatoms. The van der Waals surface area contributed by atoms with Gasteiger partial charge in [0.2, 0.25) is 17.3 Å². The topological polar surface area (TPSA) is 61.6 Å². The fourth-order valence-electron chi connectivity index (χ4n) is 6.72. The largest absolute Gasteiger partial charge is 0.378 e. The first-order valence-corrected chi connectivity index (χ1v) is 16.1. The Balaban J connectivity index is 1.37. The summed E-state index contributed by atoms with van der Waals surface area (Å²) in [6.45, 7) is 4.22. The summed E-state index contributed by atoms with van der Waals surface area (Å²) in [6, 6.07) is 36.5. The van der Waals surface area contributed by atoms with E-state index in [1.54, 1.807) is 0 Å². The Labute approximate surface area is 277 Å². The van der Waals surface area contributed by atoms with Gasteiger partial charge in [-0.2, -0.15) is 0 Å². The second-order valence-corrected chi connectivity index (χ2v) is 12.9. The van der Waals surface area contributed by atoms with Crippen LogP contribution in [0.15, 0.2) is 103 Å². The highest BCUT2D eigenvalue weighted by atomic mass is 15.3. The predicted molar refractivity (Wildman–Crippen MR) is 198 cm³/mol. The zero-order valence-electron chi connectivity index (χ0n) is 27.8. The number of aryl methyl sites for hydroxylation is 2. The van der Waals surface area contributed by atoms with Crippen molar-refractivity contribution in [3.8, 4) is 0 Å². The van der Waals surface area contributed by atoms with E-state index in [0.29, 0.717) is 0 Å². The van der Waals surface area contributed by atoms with Crippen LogP contribution in [0, 0.1) is 13.8 Å². The molecule has 0 bridgehead atoms. The average molecular weight is 630 g/mol. The fourth-order valence-corrected chi connectivity index (χ4v) is 6.72. The number of aromatic nitrogens is 6. The highest BCUT2D eigenvalue weighted by Crippen LogP contribution is 2.34. The Morgan fingerprint density at radius 1 is 0.396 bits per heavy atom. The monoisotopic (exact) mass is 629 g/mol. The summed E-state index contributed by atoms with van der Waals surface area (Å²) in [7, 11) is 8.32. The molecule has 4 heterocycles. The van der Waals surface area contributed by atoms with Crippen LogP contribution < -0.4 is 14.7 Å². The summed E-state index contributed by atoms with van der Waals surface area (Å²) in [6.07, 6.45) is 0. The molecule has 236 valence electrons. The molecule has 0 saturated heterocycles. The van der Waals surface area contributed by atoms with E-state index in [1.807, 2.05) is 0 Å². The highest BCUT2D eigenvalue weighted by molar-refractivity contribution is 5.94. The van der Waals surface area contributed by atoms with Crippen LogP contribution in [0.5, 0.6) is 0 Å². The van der Waals surface area contributed by atoms with Crippen LogP contribution in [0.2, 0.25) is 0 Å². The van der Waals surface area contributed by atoms with Crippen molar-refractivity contribution < 1.29 is 0 Å². The van der Waals surface area contributed by atoms with E-state index in [4.69, 9.17) is 15.0 Å². The molecule has 0 aliphatic rings. The van der Waals surface area contributed by atoms with Gasteiger partial charge >= 0.3 is 0 Å². The number of nitrogens with zero attached hydrogens (tertiary/aromatic N) is 9. The van der Waals surface area contributed by atoms with Crippen molar-refractivity contribution in [1.29, 1.82) is 0 Å². The Morgan fingerprint density at radius 2 is 0.708 bits per heavy atom. The number of imidazole rings is 3. The highest BCUT2D eigenvalue weighted by Gasteiger charge is 2.22. The van der Waals surface area contributed by atoms with Gasteiger partial charge in [-0.25, -0.2) is 28.2 Å². The van der Waals surface area contributed by atoms with Crippen LogP contribution in [0.4, 0.5) is 28.4 Å². The third-order valence-electron chi connectivity index (χ3n) is 9.59. The number of rotatable bonds is 5. The van der Waals surface area contributed by atoms with Gasteiger partial charge in [0.15, 0.2) is 0 Å². The summed E-state index contributed by atoms with van der Waals surface area (Å²) in [5.41, 5.74) is 13.6. The van der Waals surface area contributed by atoms with Crippen LogP contribution in [0.1, 0.15) is 11.1 Å². The Morgan fingerprint density at radius 3 is 1.06 bits per heavy atom. The molecule has 5 aromatic carbocycles. The maximum atomic E-state index is 5.25. The molecule has 0 amide bonds. The first-order valence-electron chi connectivity index (χ1n) is 16.1. The van der Waals surface area contributed by atoms with Crippen molar-refractivity contribution >= 4 is 78.9 Å². The van der Waals surface area contributed by atoms with Gasteiger partial charge in [0.05, 0.1) is 33.1 Å². The van der Waals surface area contributed by atoms with Gasteiger partial charge in [-0.1, -0.05) is 35.4 Å². The summed E-state index contributed by atoms with van der Waals surface area (Å²) in [5, 5.41) is 0. The fraction of sp³-hybridized carbons (Fsp3) is 0.154. The first-order chi connectivity index (χ1) is 23.2. The molecule has 0 atom stereocenters.